The van der Waals surface area contributed by atoms with Gasteiger partial charge in [0.25, 0.3) is 0 Å². The minimum Gasteiger partial charge on any atom is -0.489 e. The lowest BCUT2D eigenvalue weighted by Crippen LogP contribution is -2.64. The van der Waals surface area contributed by atoms with Gasteiger partial charge in [0, 0.05) is 6.08 Å². The number of quaternary nitrogens is 1. The monoisotopic (exact) mass is 330 g/mol. The molecule has 3 atom stereocenters. The van der Waals surface area contributed by atoms with E-state index >= 15 is 0 Å². The number of ether oxygens (including phenoxy) is 1. The van der Waals surface area contributed by atoms with E-state index in [0.717, 1.165) is 5.56 Å². The Kier molecular flexibility index (Phi) is 4.05. The second kappa shape index (κ2) is 5.78. The Morgan fingerprint density at radius 3 is 2.67 bits per heavy atom. The van der Waals surface area contributed by atoms with Crippen molar-refractivity contribution in [1.29, 1.82) is 0 Å². The summed E-state index contributed by atoms with van der Waals surface area (Å²) in [6.07, 6.45) is 5.35. The molecule has 0 radical (unpaired) electrons. The Hall–Kier alpha value is -2.06. The van der Waals surface area contributed by atoms with Gasteiger partial charge in [0.05, 0.1) is 29.1 Å². The smallest absolute Gasteiger partial charge is 0.304 e. The number of hydrogen-bond donors (Lipinski definition) is 3. The third kappa shape index (κ3) is 3.25. The van der Waals surface area contributed by atoms with Crippen molar-refractivity contribution >= 4 is 0 Å². The summed E-state index contributed by atoms with van der Waals surface area (Å²) in [7, 11) is 1.69. The van der Waals surface area contributed by atoms with Crippen LogP contribution in [0, 0.1) is 0 Å². The van der Waals surface area contributed by atoms with Gasteiger partial charge in [-0.3, -0.25) is 5.73 Å². The van der Waals surface area contributed by atoms with Crippen LogP contribution in [0.15, 0.2) is 64.8 Å². The van der Waals surface area contributed by atoms with Crippen LogP contribution in [0.1, 0.15) is 31.9 Å². The topological polar surface area (TPSA) is 92.2 Å². The number of hydrogen-bond acceptors (Lipinski definition) is 6. The van der Waals surface area contributed by atoms with Crippen molar-refractivity contribution in [3.05, 3.63) is 60.0 Å². The van der Waals surface area contributed by atoms with Crippen molar-refractivity contribution in [2.45, 2.75) is 37.8 Å². The van der Waals surface area contributed by atoms with Crippen LogP contribution in [-0.4, -0.2) is 28.2 Å². The predicted octanol–water partition coefficient (Wildman–Crippen LogP) is 2.26. The maximum atomic E-state index is 10.5. The molecule has 0 saturated carbocycles. The van der Waals surface area contributed by atoms with Crippen LogP contribution in [0.2, 0.25) is 0 Å². The average molecular weight is 330 g/mol. The van der Waals surface area contributed by atoms with E-state index in [4.69, 9.17) is 10.5 Å². The summed E-state index contributed by atoms with van der Waals surface area (Å²) in [5.41, 5.74) is 10.6. The Labute approximate surface area is 141 Å². The highest BCUT2D eigenvalue weighted by Crippen LogP contribution is 2.34. The predicted molar refractivity (Wildman–Crippen MR) is 89.5 cm³/mol. The maximum Gasteiger partial charge on any atom is 0.304 e. The molecule has 3 unspecified atom stereocenters. The number of allylic oxidation sites excluding steroid dienone is 1. The first kappa shape index (κ1) is 16.8. The van der Waals surface area contributed by atoms with Gasteiger partial charge in [-0.05, 0) is 25.5 Å². The summed E-state index contributed by atoms with van der Waals surface area (Å²) in [6, 6.07) is 9.87. The fraction of sp³-hybridized carbons (Fsp3) is 0.412. The summed E-state index contributed by atoms with van der Waals surface area (Å²) in [5.74, 6) is -1.53. The van der Waals surface area contributed by atoms with Crippen LogP contribution in [0.25, 0.3) is 0 Å². The van der Waals surface area contributed by atoms with E-state index < -0.39 is 5.85 Å². The summed E-state index contributed by atoms with van der Waals surface area (Å²) in [5, 5.41) is 19.0. The van der Waals surface area contributed by atoms with Crippen molar-refractivity contribution in [3.8, 4) is 0 Å². The van der Waals surface area contributed by atoms with Gasteiger partial charge in [0.2, 0.25) is 0 Å². The van der Waals surface area contributed by atoms with Gasteiger partial charge in [-0.25, -0.2) is 0 Å². The first-order valence-corrected chi connectivity index (χ1v) is 7.90. The van der Waals surface area contributed by atoms with Crippen molar-refractivity contribution in [2.24, 2.45) is 16.1 Å². The number of nitrogens with zero attached hydrogens (tertiary/aromatic N) is 3. The van der Waals surface area contributed by atoms with Gasteiger partial charge in [-0.2, -0.15) is 0 Å². The fourth-order valence-electron chi connectivity index (χ4n) is 3.10. The minimum absolute atomic E-state index is 0.213. The highest BCUT2D eigenvalue weighted by atomic mass is 16.5. The Morgan fingerprint density at radius 2 is 2.04 bits per heavy atom. The lowest BCUT2D eigenvalue weighted by Gasteiger charge is -2.30. The molecule has 1 aromatic carbocycles. The van der Waals surface area contributed by atoms with Gasteiger partial charge in [-0.1, -0.05) is 40.1 Å². The fourth-order valence-corrected chi connectivity index (χ4v) is 3.10. The maximum absolute atomic E-state index is 10.5. The highest BCUT2D eigenvalue weighted by molar-refractivity contribution is 5.28. The Balaban J connectivity index is 1.81. The Morgan fingerprint density at radius 1 is 1.33 bits per heavy atom. The lowest BCUT2D eigenvalue weighted by atomic mass is 10.0. The molecule has 1 fully saturated rings. The van der Waals surface area contributed by atoms with E-state index in [1.807, 2.05) is 50.3 Å². The number of aliphatic hydroxyl groups is 1. The van der Waals surface area contributed by atoms with E-state index in [9.17, 15) is 5.11 Å². The van der Waals surface area contributed by atoms with Gasteiger partial charge in [0.15, 0.2) is 0 Å². The summed E-state index contributed by atoms with van der Waals surface area (Å²) < 4.78 is 5.31. The van der Waals surface area contributed by atoms with E-state index in [-0.39, 0.29) is 16.3 Å². The Bertz CT molecular complexity index is 696. The third-order valence-electron chi connectivity index (χ3n) is 4.23. The van der Waals surface area contributed by atoms with Gasteiger partial charge < -0.3 is 9.84 Å². The molecule has 0 amide bonds. The molecular formula is C17H24N5O2+. The molecule has 2 aliphatic heterocycles. The zero-order valence-electron chi connectivity index (χ0n) is 14.2. The van der Waals surface area contributed by atoms with Crippen molar-refractivity contribution in [1.82, 2.24) is 5.43 Å². The van der Waals surface area contributed by atoms with E-state index in [2.05, 4.69) is 15.8 Å². The molecular weight excluding hydrogens is 306 g/mol. The van der Waals surface area contributed by atoms with Crippen LogP contribution in [0.5, 0.6) is 0 Å². The van der Waals surface area contributed by atoms with Gasteiger partial charge >= 0.3 is 5.85 Å². The molecule has 24 heavy (non-hydrogen) atoms. The summed E-state index contributed by atoms with van der Waals surface area (Å²) in [4.78, 5) is 0. The van der Waals surface area contributed by atoms with E-state index in [1.54, 1.807) is 19.4 Å². The van der Waals surface area contributed by atoms with Gasteiger partial charge in [0.1, 0.15) is 13.2 Å². The molecule has 7 nitrogen and oxygen atoms in total. The molecule has 7 heteroatoms. The second-order valence-corrected chi connectivity index (χ2v) is 7.06. The molecule has 0 aromatic heterocycles. The minimum atomic E-state index is -1.53. The van der Waals surface area contributed by atoms with Crippen LogP contribution < -0.4 is 11.2 Å². The van der Waals surface area contributed by atoms with E-state index in [0.29, 0.717) is 12.1 Å². The molecule has 0 spiro atoms. The first-order chi connectivity index (χ1) is 11.2. The zero-order chi connectivity index (χ0) is 17.4. The standard InChI is InChI=1S/C17H24N5O2/c1-16(2)12-17(18,23)22(3,20-16)21-19-14-9-10-24-15(11-14)13-7-5-4-6-8-13/h4-11,15,20,23H,12,18H2,1-3H3/q+1. The van der Waals surface area contributed by atoms with Crippen LogP contribution in [-0.2, 0) is 4.74 Å². The lowest BCUT2D eigenvalue weighted by molar-refractivity contribution is -1.02. The van der Waals surface area contributed by atoms with Crippen molar-refractivity contribution < 1.29 is 14.5 Å². The van der Waals surface area contributed by atoms with E-state index in [1.165, 1.54) is 0 Å². The van der Waals surface area contributed by atoms with Crippen LogP contribution in [0.4, 0.5) is 0 Å². The molecule has 0 aliphatic carbocycles. The number of nitrogens with two attached hydrogens (primary N) is 1. The molecule has 2 heterocycles. The SMILES string of the molecule is CC1(C)CC(N)(O)[N+](C)(N=NC2=CC(c3ccccc3)OC=C2)N1. The third-order valence-corrected chi connectivity index (χ3v) is 4.23. The molecule has 0 bridgehead atoms. The van der Waals surface area contributed by atoms with Crippen LogP contribution >= 0.6 is 0 Å². The molecule has 1 saturated heterocycles. The average Bonchev–Trinajstić information content (AvgIpc) is 2.69. The molecule has 4 N–H and O–H groups in total. The first-order valence-electron chi connectivity index (χ1n) is 7.90. The zero-order valence-corrected chi connectivity index (χ0v) is 14.2. The van der Waals surface area contributed by atoms with Gasteiger partial charge in [-0.15, -0.1) is 5.43 Å². The largest absolute Gasteiger partial charge is 0.489 e. The number of benzene rings is 1. The normalized spacial score (nSPS) is 35.0. The highest BCUT2D eigenvalue weighted by Gasteiger charge is 2.59. The molecule has 2 aliphatic rings. The molecule has 128 valence electrons. The summed E-state index contributed by atoms with van der Waals surface area (Å²) >= 11 is 0. The molecule has 3 rings (SSSR count). The number of nitrogens with one attached hydrogen (secondary N) is 1. The van der Waals surface area contributed by atoms with Crippen LogP contribution in [0.3, 0.4) is 0 Å². The summed E-state index contributed by atoms with van der Waals surface area (Å²) in [6.45, 7) is 3.92. The molecule has 1 aromatic rings. The quantitative estimate of drug-likeness (QED) is 0.450. The van der Waals surface area contributed by atoms with Crippen molar-refractivity contribution in [2.75, 3.05) is 7.05 Å². The van der Waals surface area contributed by atoms with Crippen molar-refractivity contribution in [3.63, 3.8) is 0 Å². The second-order valence-electron chi connectivity index (χ2n) is 7.06. The number of rotatable bonds is 3.